The zero-order valence-electron chi connectivity index (χ0n) is 5.76. The van der Waals surface area contributed by atoms with E-state index in [4.69, 9.17) is 27.6 Å². The molecule has 0 saturated carbocycles. The van der Waals surface area contributed by atoms with Crippen LogP contribution in [0.1, 0.15) is 20.3 Å². The van der Waals surface area contributed by atoms with Gasteiger partial charge in [0, 0.05) is 6.16 Å². The van der Waals surface area contributed by atoms with Gasteiger partial charge in [0.2, 0.25) is 0 Å². The lowest BCUT2D eigenvalue weighted by Crippen LogP contribution is -1.87. The van der Waals surface area contributed by atoms with Crippen molar-refractivity contribution in [3.8, 4) is 0 Å². The first kappa shape index (κ1) is 9.90. The fourth-order valence-corrected chi connectivity index (χ4v) is 1.39. The molecule has 0 aromatic heterocycles. The van der Waals surface area contributed by atoms with Crippen LogP contribution in [0.5, 0.6) is 0 Å². The lowest BCUT2D eigenvalue weighted by Gasteiger charge is -2.10. The molecule has 0 aromatic carbocycles. The monoisotopic (exact) mass is 186 g/mol. The van der Waals surface area contributed by atoms with Crippen molar-refractivity contribution in [2.75, 3.05) is 12.8 Å². The second-order valence-corrected chi connectivity index (χ2v) is 7.82. The molecule has 0 spiro atoms. The van der Waals surface area contributed by atoms with Crippen molar-refractivity contribution >= 4 is 28.7 Å². The molecule has 0 aliphatic heterocycles. The van der Waals surface area contributed by atoms with Crippen LogP contribution in [0.3, 0.4) is 0 Å². The number of hydrogen-bond acceptors (Lipinski definition) is 2. The van der Waals surface area contributed by atoms with E-state index in [1.165, 1.54) is 0 Å². The highest BCUT2D eigenvalue weighted by molar-refractivity contribution is 8.24. The first-order chi connectivity index (χ1) is 4.12. The van der Waals surface area contributed by atoms with Gasteiger partial charge in [-0.05, 0) is 6.42 Å². The van der Waals surface area contributed by atoms with Gasteiger partial charge in [-0.2, -0.15) is 0 Å². The van der Waals surface area contributed by atoms with E-state index in [1.807, 2.05) is 13.8 Å². The van der Waals surface area contributed by atoms with Crippen molar-refractivity contribution in [3.05, 3.63) is 0 Å². The lowest BCUT2D eigenvalue weighted by atomic mass is 10.5. The summed E-state index contributed by atoms with van der Waals surface area (Å²) in [5.41, 5.74) is -1.88. The third-order valence-corrected chi connectivity index (χ3v) is 4.29. The van der Waals surface area contributed by atoms with Crippen LogP contribution in [-0.2, 0) is 16.3 Å². The Labute approximate surface area is 66.6 Å². The van der Waals surface area contributed by atoms with E-state index in [9.17, 15) is 0 Å². The van der Waals surface area contributed by atoms with Crippen molar-refractivity contribution in [3.63, 3.8) is 0 Å². The van der Waals surface area contributed by atoms with Gasteiger partial charge in [0.1, 0.15) is 0 Å². The lowest BCUT2D eigenvalue weighted by molar-refractivity contribution is 0.358. The largest absolute Gasteiger partial charge is 0.338 e. The number of hydrogen-bond donors (Lipinski definition) is 0. The summed E-state index contributed by atoms with van der Waals surface area (Å²) in [5.74, 6) is 0. The standard InChI is InChI=1S/C5H12ClOPS/c1-3-5-7-8(6,9)4-2/h3-5H2,1-2H3. The normalized spacial score (nSPS) is 17.2. The molecule has 1 unspecified atom stereocenters. The molecule has 0 N–H and O–H groups in total. The van der Waals surface area contributed by atoms with Crippen LogP contribution in [0.15, 0.2) is 0 Å². The first-order valence-corrected chi connectivity index (χ1v) is 6.86. The van der Waals surface area contributed by atoms with Gasteiger partial charge in [-0.3, -0.25) is 0 Å². The maximum absolute atomic E-state index is 5.80. The van der Waals surface area contributed by atoms with Gasteiger partial charge < -0.3 is 4.52 Å². The van der Waals surface area contributed by atoms with Crippen molar-refractivity contribution in [2.24, 2.45) is 0 Å². The molecule has 0 heterocycles. The van der Waals surface area contributed by atoms with Gasteiger partial charge in [-0.15, -0.1) is 0 Å². The minimum absolute atomic E-state index is 0.703. The summed E-state index contributed by atoms with van der Waals surface area (Å²) in [5, 5.41) is 0. The predicted octanol–water partition coefficient (Wildman–Crippen LogP) is 2.98. The van der Waals surface area contributed by atoms with Gasteiger partial charge in [-0.25, -0.2) is 0 Å². The molecule has 0 bridgehead atoms. The minimum Gasteiger partial charge on any atom is -0.338 e. The Kier molecular flexibility index (Phi) is 5.14. The topological polar surface area (TPSA) is 9.23 Å². The van der Waals surface area contributed by atoms with Crippen LogP contribution in [0.25, 0.3) is 0 Å². The summed E-state index contributed by atoms with van der Waals surface area (Å²) in [6.07, 6.45) is 1.77. The smallest absolute Gasteiger partial charge is 0.151 e. The van der Waals surface area contributed by atoms with Gasteiger partial charge in [0.15, 0.2) is 5.62 Å². The molecule has 0 aliphatic carbocycles. The Morgan fingerprint density at radius 3 is 2.44 bits per heavy atom. The van der Waals surface area contributed by atoms with Crippen molar-refractivity contribution in [1.29, 1.82) is 0 Å². The fourth-order valence-electron chi connectivity index (χ4n) is 0.319. The van der Waals surface area contributed by atoms with Crippen LogP contribution in [-0.4, -0.2) is 12.8 Å². The summed E-state index contributed by atoms with van der Waals surface area (Å²) in [6.45, 7) is 4.71. The Hall–Kier alpha value is 0.900. The van der Waals surface area contributed by atoms with E-state index in [1.54, 1.807) is 0 Å². The van der Waals surface area contributed by atoms with Crippen molar-refractivity contribution < 1.29 is 4.52 Å². The highest BCUT2D eigenvalue weighted by Gasteiger charge is 2.08. The highest BCUT2D eigenvalue weighted by Crippen LogP contribution is 2.52. The van der Waals surface area contributed by atoms with Crippen molar-refractivity contribution in [1.82, 2.24) is 0 Å². The molecule has 0 rings (SSSR count). The summed E-state index contributed by atoms with van der Waals surface area (Å²) in [7, 11) is 0. The molecular weight excluding hydrogens is 175 g/mol. The number of rotatable bonds is 4. The Balaban J connectivity index is 3.46. The molecule has 0 fully saturated rings. The third-order valence-electron chi connectivity index (χ3n) is 0.866. The van der Waals surface area contributed by atoms with Crippen LogP contribution < -0.4 is 0 Å². The van der Waals surface area contributed by atoms with Crippen LogP contribution in [0.4, 0.5) is 0 Å². The quantitative estimate of drug-likeness (QED) is 0.625. The van der Waals surface area contributed by atoms with E-state index in [0.29, 0.717) is 6.61 Å². The van der Waals surface area contributed by atoms with Gasteiger partial charge in [0.25, 0.3) is 0 Å². The molecule has 9 heavy (non-hydrogen) atoms. The van der Waals surface area contributed by atoms with Crippen molar-refractivity contribution in [2.45, 2.75) is 20.3 Å². The molecule has 0 amide bonds. The molecule has 0 aliphatic rings. The third kappa shape index (κ3) is 5.35. The molecule has 0 saturated heterocycles. The highest BCUT2D eigenvalue weighted by atomic mass is 35.7. The Morgan fingerprint density at radius 2 is 2.11 bits per heavy atom. The average molecular weight is 187 g/mol. The van der Waals surface area contributed by atoms with Gasteiger partial charge in [0.05, 0.1) is 6.61 Å². The first-order valence-electron chi connectivity index (χ1n) is 3.05. The van der Waals surface area contributed by atoms with Gasteiger partial charge in [-0.1, -0.05) is 36.9 Å². The van der Waals surface area contributed by atoms with Crippen LogP contribution >= 0.6 is 16.9 Å². The molecule has 0 radical (unpaired) electrons. The minimum atomic E-state index is -1.88. The second-order valence-electron chi connectivity index (χ2n) is 1.74. The molecule has 56 valence electrons. The molecular formula is C5H12ClOPS. The maximum Gasteiger partial charge on any atom is 0.151 e. The van der Waals surface area contributed by atoms with Crippen LogP contribution in [0.2, 0.25) is 0 Å². The maximum atomic E-state index is 5.80. The van der Waals surface area contributed by atoms with E-state index in [-0.39, 0.29) is 0 Å². The van der Waals surface area contributed by atoms with Crippen LogP contribution in [0, 0.1) is 0 Å². The average Bonchev–Trinajstić information content (AvgIpc) is 1.84. The zero-order chi connectivity index (χ0) is 7.33. The van der Waals surface area contributed by atoms with E-state index < -0.39 is 5.62 Å². The summed E-state index contributed by atoms with van der Waals surface area (Å²) < 4.78 is 5.22. The Morgan fingerprint density at radius 1 is 1.56 bits per heavy atom. The molecule has 1 atom stereocenters. The summed E-state index contributed by atoms with van der Waals surface area (Å²) >= 11 is 10.8. The van der Waals surface area contributed by atoms with E-state index in [0.717, 1.165) is 12.6 Å². The second kappa shape index (κ2) is 4.68. The Bertz CT molecular complexity index is 118. The molecule has 4 heteroatoms. The fraction of sp³-hybridized carbons (Fsp3) is 1.00. The summed E-state index contributed by atoms with van der Waals surface area (Å²) in [4.78, 5) is 0. The zero-order valence-corrected chi connectivity index (χ0v) is 8.23. The van der Waals surface area contributed by atoms with Gasteiger partial charge >= 0.3 is 0 Å². The van der Waals surface area contributed by atoms with E-state index in [2.05, 4.69) is 0 Å². The predicted molar refractivity (Wildman–Crippen MR) is 46.9 cm³/mol. The SMILES string of the molecule is CCCOP(=S)(Cl)CC. The summed E-state index contributed by atoms with van der Waals surface area (Å²) in [6, 6.07) is 0. The number of halogens is 1. The molecule has 1 nitrogen and oxygen atoms in total. The van der Waals surface area contributed by atoms with E-state index >= 15 is 0 Å². The molecule has 0 aromatic rings.